The Morgan fingerprint density at radius 1 is 0.970 bits per heavy atom. The second kappa shape index (κ2) is 9.02. The third-order valence-corrected chi connectivity index (χ3v) is 5.77. The minimum Gasteiger partial charge on any atom is -0.354 e. The molecule has 0 unspecified atom stereocenters. The van der Waals surface area contributed by atoms with Crippen LogP contribution in [0.15, 0.2) is 73.1 Å². The molecule has 0 atom stereocenters. The molecule has 4 aromatic rings. The first kappa shape index (κ1) is 21.1. The number of benzene rings is 3. The molecule has 33 heavy (non-hydrogen) atoms. The monoisotopic (exact) mass is 455 g/mol. The van der Waals surface area contributed by atoms with Crippen molar-refractivity contribution in [2.24, 2.45) is 0 Å². The molecule has 0 spiro atoms. The number of carbonyl (C=O) groups excluding carboxylic acids is 1. The molecular weight excluding hydrogens is 434 g/mol. The quantitative estimate of drug-likeness (QED) is 0.343. The van der Waals surface area contributed by atoms with E-state index in [1.54, 1.807) is 24.5 Å². The number of aromatic nitrogens is 2. The number of nitrogens with zero attached hydrogens (tertiary/aromatic N) is 2. The first-order chi connectivity index (χ1) is 16.1. The summed E-state index contributed by atoms with van der Waals surface area (Å²) in [5, 5.41) is 10.3. The van der Waals surface area contributed by atoms with Crippen LogP contribution in [0.2, 0.25) is 5.02 Å². The van der Waals surface area contributed by atoms with E-state index in [0.717, 1.165) is 40.9 Å². The van der Waals surface area contributed by atoms with Crippen molar-refractivity contribution in [1.82, 2.24) is 15.3 Å². The first-order valence-corrected chi connectivity index (χ1v) is 11.1. The zero-order valence-electron chi connectivity index (χ0n) is 18.0. The van der Waals surface area contributed by atoms with Gasteiger partial charge >= 0.3 is 0 Å². The molecule has 0 radical (unpaired) electrons. The van der Waals surface area contributed by atoms with Crippen molar-refractivity contribution in [3.63, 3.8) is 0 Å². The Labute approximate surface area is 196 Å². The second-order valence-corrected chi connectivity index (χ2v) is 8.19. The molecule has 3 aromatic carbocycles. The number of carbonyl (C=O) groups is 1. The molecule has 164 valence electrons. The maximum Gasteiger partial charge on any atom is 0.258 e. The maximum absolute atomic E-state index is 13.1. The topological polar surface area (TPSA) is 78.9 Å². The van der Waals surface area contributed by atoms with Gasteiger partial charge in [-0.15, -0.1) is 0 Å². The van der Waals surface area contributed by atoms with Gasteiger partial charge in [0, 0.05) is 40.8 Å². The Hall–Kier alpha value is -3.74. The molecule has 1 aliphatic rings. The highest BCUT2D eigenvalue weighted by atomic mass is 35.5. The lowest BCUT2D eigenvalue weighted by Crippen LogP contribution is -2.12. The predicted octanol–water partition coefficient (Wildman–Crippen LogP) is 5.33. The molecule has 5 rings (SSSR count). The zero-order valence-corrected chi connectivity index (χ0v) is 18.8. The molecule has 1 aromatic heterocycles. The Kier molecular flexibility index (Phi) is 5.77. The fourth-order valence-corrected chi connectivity index (χ4v) is 4.08. The smallest absolute Gasteiger partial charge is 0.258 e. The average molecular weight is 456 g/mol. The summed E-state index contributed by atoms with van der Waals surface area (Å²) in [5.74, 6) is -0.183. The number of halogens is 1. The van der Waals surface area contributed by atoms with Gasteiger partial charge < -0.3 is 16.0 Å². The molecule has 3 N–H and O–H groups in total. The fourth-order valence-electron chi connectivity index (χ4n) is 3.91. The SMILES string of the molecule is CCNCc1ccc(N/C(=C2\C(=O)Nc3cc(Cl)ccc32)c2ccc3nccnc3c2)cc1. The van der Waals surface area contributed by atoms with Crippen molar-refractivity contribution in [2.45, 2.75) is 13.5 Å². The molecular formula is C26H22ClN5O. The van der Waals surface area contributed by atoms with Crippen LogP contribution in [0.5, 0.6) is 0 Å². The molecule has 6 nitrogen and oxygen atoms in total. The van der Waals surface area contributed by atoms with Crippen molar-refractivity contribution in [3.8, 4) is 0 Å². The van der Waals surface area contributed by atoms with E-state index in [1.807, 2.05) is 36.4 Å². The largest absolute Gasteiger partial charge is 0.354 e. The molecule has 1 amide bonds. The van der Waals surface area contributed by atoms with Gasteiger partial charge in [0.15, 0.2) is 0 Å². The van der Waals surface area contributed by atoms with Gasteiger partial charge in [-0.2, -0.15) is 0 Å². The third kappa shape index (κ3) is 4.31. The Balaban J connectivity index is 1.63. The lowest BCUT2D eigenvalue weighted by Gasteiger charge is -2.16. The van der Waals surface area contributed by atoms with Crippen LogP contribution in [-0.2, 0) is 11.3 Å². The van der Waals surface area contributed by atoms with Crippen LogP contribution in [-0.4, -0.2) is 22.4 Å². The molecule has 7 heteroatoms. The van der Waals surface area contributed by atoms with Crippen molar-refractivity contribution in [1.29, 1.82) is 0 Å². The molecule has 0 aliphatic carbocycles. The Morgan fingerprint density at radius 3 is 2.55 bits per heavy atom. The standard InChI is InChI=1S/C26H22ClN5O/c1-2-28-15-16-3-7-19(8-4-16)31-25(17-5-10-21-23(13-17)30-12-11-29-21)24-20-9-6-18(27)14-22(20)32-26(24)33/h3-14,28,31H,2,15H2,1H3,(H,32,33)/b25-24-. The summed E-state index contributed by atoms with van der Waals surface area (Å²) in [6.07, 6.45) is 3.33. The van der Waals surface area contributed by atoms with E-state index in [0.29, 0.717) is 22.0 Å². The number of anilines is 2. The van der Waals surface area contributed by atoms with Gasteiger partial charge in [0.1, 0.15) is 0 Å². The van der Waals surface area contributed by atoms with E-state index in [1.165, 1.54) is 5.56 Å². The van der Waals surface area contributed by atoms with Crippen LogP contribution in [0, 0.1) is 0 Å². The summed E-state index contributed by atoms with van der Waals surface area (Å²) in [7, 11) is 0. The summed E-state index contributed by atoms with van der Waals surface area (Å²) >= 11 is 6.16. The predicted molar refractivity (Wildman–Crippen MR) is 134 cm³/mol. The summed E-state index contributed by atoms with van der Waals surface area (Å²) in [6, 6.07) is 19.4. The lowest BCUT2D eigenvalue weighted by molar-refractivity contribution is -0.110. The average Bonchev–Trinajstić information content (AvgIpc) is 3.16. The van der Waals surface area contributed by atoms with Crippen LogP contribution in [0.3, 0.4) is 0 Å². The number of hydrogen-bond acceptors (Lipinski definition) is 5. The summed E-state index contributed by atoms with van der Waals surface area (Å²) in [5.41, 5.74) is 7.21. The van der Waals surface area contributed by atoms with E-state index in [-0.39, 0.29) is 5.91 Å². The van der Waals surface area contributed by atoms with Crippen LogP contribution in [0.25, 0.3) is 22.3 Å². The molecule has 0 bridgehead atoms. The fraction of sp³-hybridized carbons (Fsp3) is 0.115. The Bertz CT molecular complexity index is 1380. The van der Waals surface area contributed by atoms with E-state index < -0.39 is 0 Å². The first-order valence-electron chi connectivity index (χ1n) is 10.8. The van der Waals surface area contributed by atoms with Gasteiger partial charge in [0.05, 0.1) is 28.0 Å². The van der Waals surface area contributed by atoms with E-state index >= 15 is 0 Å². The van der Waals surface area contributed by atoms with Crippen molar-refractivity contribution in [3.05, 3.63) is 94.8 Å². The van der Waals surface area contributed by atoms with Crippen LogP contribution < -0.4 is 16.0 Å². The summed E-state index contributed by atoms with van der Waals surface area (Å²) in [6.45, 7) is 3.81. The van der Waals surface area contributed by atoms with E-state index in [9.17, 15) is 4.79 Å². The number of rotatable bonds is 6. The number of fused-ring (bicyclic) bond motifs is 2. The zero-order chi connectivity index (χ0) is 22.8. The van der Waals surface area contributed by atoms with Crippen molar-refractivity contribution >= 4 is 51.2 Å². The van der Waals surface area contributed by atoms with Crippen molar-refractivity contribution < 1.29 is 4.79 Å². The number of hydrogen-bond donors (Lipinski definition) is 3. The van der Waals surface area contributed by atoms with Gasteiger partial charge in [0.25, 0.3) is 5.91 Å². The van der Waals surface area contributed by atoms with Gasteiger partial charge in [0.2, 0.25) is 0 Å². The van der Waals surface area contributed by atoms with Gasteiger partial charge in [-0.05, 0) is 48.5 Å². The molecule has 0 fully saturated rings. The molecule has 1 aliphatic heterocycles. The highest BCUT2D eigenvalue weighted by Gasteiger charge is 2.28. The van der Waals surface area contributed by atoms with E-state index in [2.05, 4.69) is 45.0 Å². The van der Waals surface area contributed by atoms with Gasteiger partial charge in [-0.3, -0.25) is 14.8 Å². The molecule has 0 saturated carbocycles. The van der Waals surface area contributed by atoms with Gasteiger partial charge in [-0.1, -0.05) is 42.8 Å². The maximum atomic E-state index is 13.1. The van der Waals surface area contributed by atoms with Crippen molar-refractivity contribution in [2.75, 3.05) is 17.2 Å². The van der Waals surface area contributed by atoms with E-state index in [4.69, 9.17) is 11.6 Å². The minimum absolute atomic E-state index is 0.183. The Morgan fingerprint density at radius 2 is 1.76 bits per heavy atom. The second-order valence-electron chi connectivity index (χ2n) is 7.76. The minimum atomic E-state index is -0.183. The summed E-state index contributed by atoms with van der Waals surface area (Å²) in [4.78, 5) is 21.9. The normalized spacial score (nSPS) is 14.2. The van der Waals surface area contributed by atoms with Gasteiger partial charge in [-0.25, -0.2) is 0 Å². The molecule has 0 saturated heterocycles. The van der Waals surface area contributed by atoms with Crippen LogP contribution in [0.1, 0.15) is 23.6 Å². The number of amides is 1. The third-order valence-electron chi connectivity index (χ3n) is 5.54. The lowest BCUT2D eigenvalue weighted by atomic mass is 9.99. The van der Waals surface area contributed by atoms with Crippen LogP contribution in [0.4, 0.5) is 11.4 Å². The van der Waals surface area contributed by atoms with Crippen LogP contribution >= 0.6 is 11.6 Å². The molecule has 2 heterocycles. The highest BCUT2D eigenvalue weighted by Crippen LogP contribution is 2.39. The number of nitrogens with one attached hydrogen (secondary N) is 3. The highest BCUT2D eigenvalue weighted by molar-refractivity contribution is 6.38. The summed E-state index contributed by atoms with van der Waals surface area (Å²) < 4.78 is 0.